The molecule has 0 aromatic heterocycles. The first-order valence-corrected chi connectivity index (χ1v) is 6.06. The highest BCUT2D eigenvalue weighted by molar-refractivity contribution is 6.30. The van der Waals surface area contributed by atoms with Gasteiger partial charge >= 0.3 is 0 Å². The molecule has 0 fully saturated rings. The van der Waals surface area contributed by atoms with E-state index in [1.54, 1.807) is 19.1 Å². The van der Waals surface area contributed by atoms with Gasteiger partial charge in [-0.2, -0.15) is 0 Å². The Kier molecular flexibility index (Phi) is 5.65. The highest BCUT2D eigenvalue weighted by Gasteiger charge is 2.09. The summed E-state index contributed by atoms with van der Waals surface area (Å²) in [4.78, 5) is 21.9. The Morgan fingerprint density at radius 1 is 1.28 bits per heavy atom. The predicted molar refractivity (Wildman–Crippen MR) is 66.7 cm³/mol. The summed E-state index contributed by atoms with van der Waals surface area (Å²) in [5, 5.41) is 13.7. The molecular formula is C13H15ClNO3-. The third kappa shape index (κ3) is 5.68. The Hall–Kier alpha value is -1.55. The summed E-state index contributed by atoms with van der Waals surface area (Å²) in [7, 11) is 0. The fraction of sp³-hybridized carbons (Fsp3) is 0.385. The molecule has 4 nitrogen and oxygen atoms in total. The SMILES string of the molecule is C[C@H](CC(=O)[O-])CC(=O)NCc1ccc(Cl)cc1. The minimum absolute atomic E-state index is 0.103. The van der Waals surface area contributed by atoms with Gasteiger partial charge in [0.15, 0.2) is 0 Å². The molecule has 18 heavy (non-hydrogen) atoms. The van der Waals surface area contributed by atoms with Crippen molar-refractivity contribution in [2.75, 3.05) is 0 Å². The van der Waals surface area contributed by atoms with Crippen molar-refractivity contribution in [1.82, 2.24) is 5.32 Å². The van der Waals surface area contributed by atoms with E-state index in [2.05, 4.69) is 5.32 Å². The van der Waals surface area contributed by atoms with E-state index >= 15 is 0 Å². The molecule has 0 aliphatic heterocycles. The lowest BCUT2D eigenvalue weighted by Gasteiger charge is -2.12. The number of hydrogen-bond donors (Lipinski definition) is 1. The summed E-state index contributed by atoms with van der Waals surface area (Å²) in [6, 6.07) is 7.16. The van der Waals surface area contributed by atoms with Crippen LogP contribution in [0.3, 0.4) is 0 Å². The standard InChI is InChI=1S/C13H16ClNO3/c1-9(7-13(17)18)6-12(16)15-8-10-2-4-11(14)5-3-10/h2-5,9H,6-8H2,1H3,(H,15,16)(H,17,18)/p-1/t9-/m0/s1. The van der Waals surface area contributed by atoms with Gasteiger partial charge in [0.05, 0.1) is 0 Å². The Bertz CT molecular complexity index is 417. The molecule has 0 bridgehead atoms. The van der Waals surface area contributed by atoms with Gasteiger partial charge in [-0.15, -0.1) is 0 Å². The van der Waals surface area contributed by atoms with E-state index in [0.29, 0.717) is 11.6 Å². The number of hydrogen-bond acceptors (Lipinski definition) is 3. The second kappa shape index (κ2) is 7.01. The van der Waals surface area contributed by atoms with Gasteiger partial charge in [-0.05, 0) is 30.0 Å². The smallest absolute Gasteiger partial charge is 0.220 e. The van der Waals surface area contributed by atoms with Crippen molar-refractivity contribution in [1.29, 1.82) is 0 Å². The van der Waals surface area contributed by atoms with Crippen LogP contribution in [0.15, 0.2) is 24.3 Å². The molecule has 0 aliphatic carbocycles. The molecule has 0 radical (unpaired) electrons. The quantitative estimate of drug-likeness (QED) is 0.841. The van der Waals surface area contributed by atoms with Gasteiger partial charge in [0, 0.05) is 24.0 Å². The van der Waals surface area contributed by atoms with Crippen LogP contribution in [-0.2, 0) is 16.1 Å². The van der Waals surface area contributed by atoms with Crippen molar-refractivity contribution >= 4 is 23.5 Å². The van der Waals surface area contributed by atoms with E-state index in [1.807, 2.05) is 12.1 Å². The number of aliphatic carboxylic acids is 1. The molecule has 0 saturated carbocycles. The normalized spacial score (nSPS) is 11.9. The minimum atomic E-state index is -1.13. The summed E-state index contributed by atoms with van der Waals surface area (Å²) < 4.78 is 0. The largest absolute Gasteiger partial charge is 0.550 e. The number of carboxylic acid groups (broad SMARTS) is 1. The van der Waals surface area contributed by atoms with Gasteiger partial charge in [-0.25, -0.2) is 0 Å². The van der Waals surface area contributed by atoms with E-state index < -0.39 is 5.97 Å². The fourth-order valence-corrected chi connectivity index (χ4v) is 1.67. The number of carbonyl (C=O) groups excluding carboxylic acids is 2. The number of nitrogens with one attached hydrogen (secondary N) is 1. The molecule has 1 aromatic carbocycles. The molecule has 0 saturated heterocycles. The summed E-state index contributed by atoms with van der Waals surface area (Å²) >= 11 is 5.74. The van der Waals surface area contributed by atoms with Gasteiger partial charge in [-0.1, -0.05) is 30.7 Å². The van der Waals surface area contributed by atoms with E-state index in [-0.39, 0.29) is 24.7 Å². The lowest BCUT2D eigenvalue weighted by atomic mass is 10.0. The van der Waals surface area contributed by atoms with Crippen LogP contribution in [0.2, 0.25) is 5.02 Å². The molecule has 5 heteroatoms. The highest BCUT2D eigenvalue weighted by Crippen LogP contribution is 2.10. The van der Waals surface area contributed by atoms with Crippen LogP contribution in [0, 0.1) is 5.92 Å². The number of rotatable bonds is 6. The molecule has 1 rings (SSSR count). The Morgan fingerprint density at radius 3 is 2.44 bits per heavy atom. The maximum Gasteiger partial charge on any atom is 0.220 e. The zero-order chi connectivity index (χ0) is 13.5. The minimum Gasteiger partial charge on any atom is -0.550 e. The third-order valence-electron chi connectivity index (χ3n) is 2.45. The van der Waals surface area contributed by atoms with Crippen molar-refractivity contribution in [2.45, 2.75) is 26.3 Å². The molecule has 0 spiro atoms. The first kappa shape index (κ1) is 14.5. The maximum atomic E-state index is 11.5. The summed E-state index contributed by atoms with van der Waals surface area (Å²) in [5.74, 6) is -1.52. The van der Waals surface area contributed by atoms with Gasteiger partial charge < -0.3 is 15.2 Å². The number of carbonyl (C=O) groups is 2. The molecule has 98 valence electrons. The average molecular weight is 269 g/mol. The number of amides is 1. The molecule has 1 atom stereocenters. The lowest BCUT2D eigenvalue weighted by molar-refractivity contribution is -0.306. The molecule has 0 aliphatic rings. The second-order valence-corrected chi connectivity index (χ2v) is 4.73. The average Bonchev–Trinajstić information content (AvgIpc) is 2.27. The van der Waals surface area contributed by atoms with Crippen molar-refractivity contribution in [3.8, 4) is 0 Å². The van der Waals surface area contributed by atoms with Crippen molar-refractivity contribution in [2.24, 2.45) is 5.92 Å². The van der Waals surface area contributed by atoms with E-state index in [4.69, 9.17) is 11.6 Å². The predicted octanol–water partition coefficient (Wildman–Crippen LogP) is 1.12. The topological polar surface area (TPSA) is 69.2 Å². The number of halogens is 1. The molecular weight excluding hydrogens is 254 g/mol. The summed E-state index contributed by atoms with van der Waals surface area (Å²) in [6.07, 6.45) is 0.0793. The van der Waals surface area contributed by atoms with Gasteiger partial charge in [0.2, 0.25) is 5.91 Å². The number of benzene rings is 1. The van der Waals surface area contributed by atoms with Crippen molar-refractivity contribution < 1.29 is 14.7 Å². The number of carboxylic acids is 1. The van der Waals surface area contributed by atoms with Crippen LogP contribution >= 0.6 is 11.6 Å². The maximum absolute atomic E-state index is 11.5. The van der Waals surface area contributed by atoms with E-state index in [0.717, 1.165) is 5.56 Å². The lowest BCUT2D eigenvalue weighted by Crippen LogP contribution is -2.28. The Balaban J connectivity index is 2.32. The van der Waals surface area contributed by atoms with Crippen LogP contribution in [0.4, 0.5) is 0 Å². The van der Waals surface area contributed by atoms with Crippen LogP contribution in [0.5, 0.6) is 0 Å². The Labute approximate surface area is 111 Å². The zero-order valence-electron chi connectivity index (χ0n) is 10.1. The molecule has 0 heterocycles. The summed E-state index contributed by atoms with van der Waals surface area (Å²) in [5.41, 5.74) is 0.945. The van der Waals surface area contributed by atoms with Gasteiger partial charge in [0.1, 0.15) is 0 Å². The van der Waals surface area contributed by atoms with Crippen LogP contribution < -0.4 is 10.4 Å². The van der Waals surface area contributed by atoms with E-state index in [9.17, 15) is 14.7 Å². The summed E-state index contributed by atoms with van der Waals surface area (Å²) in [6.45, 7) is 2.12. The zero-order valence-corrected chi connectivity index (χ0v) is 10.9. The molecule has 0 unspecified atom stereocenters. The van der Waals surface area contributed by atoms with Crippen LogP contribution in [-0.4, -0.2) is 11.9 Å². The second-order valence-electron chi connectivity index (χ2n) is 4.29. The van der Waals surface area contributed by atoms with Crippen LogP contribution in [0.25, 0.3) is 0 Å². The van der Waals surface area contributed by atoms with Gasteiger partial charge in [0.25, 0.3) is 0 Å². The molecule has 1 N–H and O–H groups in total. The van der Waals surface area contributed by atoms with Gasteiger partial charge in [-0.3, -0.25) is 4.79 Å². The monoisotopic (exact) mass is 268 g/mol. The highest BCUT2D eigenvalue weighted by atomic mass is 35.5. The van der Waals surface area contributed by atoms with E-state index in [1.165, 1.54) is 0 Å². The fourth-order valence-electron chi connectivity index (χ4n) is 1.55. The van der Waals surface area contributed by atoms with Crippen molar-refractivity contribution in [3.63, 3.8) is 0 Å². The molecule has 1 aromatic rings. The molecule has 1 amide bonds. The first-order valence-electron chi connectivity index (χ1n) is 5.68. The van der Waals surface area contributed by atoms with Crippen LogP contribution in [0.1, 0.15) is 25.3 Å². The van der Waals surface area contributed by atoms with Crippen molar-refractivity contribution in [3.05, 3.63) is 34.9 Å². The third-order valence-corrected chi connectivity index (χ3v) is 2.70. The first-order chi connectivity index (χ1) is 8.47. The Morgan fingerprint density at radius 2 is 1.89 bits per heavy atom.